The summed E-state index contributed by atoms with van der Waals surface area (Å²) in [6.45, 7) is 16.8. The van der Waals surface area contributed by atoms with Gasteiger partial charge in [0.05, 0.1) is 11.5 Å². The number of hydrogen-bond donors (Lipinski definition) is 0. The third-order valence-electron chi connectivity index (χ3n) is 14.6. The number of allylic oxidation sites excluding steroid dienone is 1. The molecule has 0 radical (unpaired) electrons. The van der Waals surface area contributed by atoms with Crippen LogP contribution in [0.15, 0.2) is 178 Å². The first-order valence-electron chi connectivity index (χ1n) is 22.8. The highest BCUT2D eigenvalue weighted by Gasteiger charge is 2.56. The maximum Gasteiger partial charge on any atom is 0.299 e. The molecule has 2 unspecified atom stereocenters. The standard InChI is InChI=1S/C59H49N3O2/c1-7-47-42-31-43-39-20-12-15-23-51(39)63-53(43)32-45(42)55-44-29-36-25-27-40-38-19-11-16-24-52(38)64-57(40)54(36)58-60(33-46(44)56(55)61(47)34(2)3)49-21-13-14-22-50(49)62(58)48-28-26-37(59(4,5)6)30-41(48)35-17-9-8-10-18-35/h7-28,30-32,34,55-56H,1,29,33H2,2-6H3/q+2. The second kappa shape index (κ2) is 13.4. The summed E-state index contributed by atoms with van der Waals surface area (Å²) >= 11 is 0. The Labute approximate surface area is 372 Å². The summed E-state index contributed by atoms with van der Waals surface area (Å²) < 4.78 is 21.5. The molecule has 0 saturated carbocycles. The Kier molecular flexibility index (Phi) is 7.81. The van der Waals surface area contributed by atoms with Crippen molar-refractivity contribution in [2.75, 3.05) is 0 Å². The Balaban J connectivity index is 1.14. The highest BCUT2D eigenvalue weighted by atomic mass is 16.3. The lowest BCUT2D eigenvalue weighted by Crippen LogP contribution is -2.55. The van der Waals surface area contributed by atoms with Crippen molar-refractivity contribution in [3.05, 3.63) is 192 Å². The van der Waals surface area contributed by atoms with Gasteiger partial charge in [-0.25, -0.2) is 9.14 Å². The van der Waals surface area contributed by atoms with Crippen LogP contribution in [0.4, 0.5) is 0 Å². The summed E-state index contributed by atoms with van der Waals surface area (Å²) in [6.07, 6.45) is 2.90. The third kappa shape index (κ3) is 5.12. The van der Waals surface area contributed by atoms with Crippen LogP contribution in [0.25, 0.3) is 83.1 Å². The van der Waals surface area contributed by atoms with Crippen LogP contribution in [0, 0.1) is 0 Å². The highest BCUT2D eigenvalue weighted by Crippen LogP contribution is 2.54. The normalized spacial score (nSPS) is 17.1. The Morgan fingerprint density at radius 2 is 1.41 bits per heavy atom. The molecule has 5 heteroatoms. The van der Waals surface area contributed by atoms with E-state index < -0.39 is 0 Å². The van der Waals surface area contributed by atoms with Crippen LogP contribution < -0.4 is 4.57 Å². The predicted molar refractivity (Wildman–Crippen MR) is 261 cm³/mol. The second-order valence-corrected chi connectivity index (χ2v) is 19.4. The van der Waals surface area contributed by atoms with E-state index >= 15 is 0 Å². The molecule has 1 aliphatic carbocycles. The molecular weight excluding hydrogens is 783 g/mol. The first-order valence-corrected chi connectivity index (χ1v) is 22.8. The zero-order valence-corrected chi connectivity index (χ0v) is 36.9. The fraction of sp³-hybridized carbons (Fsp3) is 0.186. The fourth-order valence-corrected chi connectivity index (χ4v) is 11.7. The molecule has 310 valence electrons. The van der Waals surface area contributed by atoms with Gasteiger partial charge in [-0.1, -0.05) is 124 Å². The summed E-state index contributed by atoms with van der Waals surface area (Å²) in [7, 11) is 0. The minimum atomic E-state index is -0.0283. The molecule has 3 aliphatic rings. The van der Waals surface area contributed by atoms with E-state index in [-0.39, 0.29) is 23.4 Å². The van der Waals surface area contributed by atoms with Gasteiger partial charge in [0.25, 0.3) is 5.82 Å². The van der Waals surface area contributed by atoms with Crippen molar-refractivity contribution in [3.63, 3.8) is 0 Å². The van der Waals surface area contributed by atoms with Gasteiger partial charge in [-0.15, -0.1) is 0 Å². The molecule has 64 heavy (non-hydrogen) atoms. The van der Waals surface area contributed by atoms with Gasteiger partial charge in [0, 0.05) is 38.8 Å². The average molecular weight is 832 g/mol. The van der Waals surface area contributed by atoms with Gasteiger partial charge in [0.15, 0.2) is 22.7 Å². The van der Waals surface area contributed by atoms with Crippen LogP contribution in [0.3, 0.4) is 0 Å². The van der Waals surface area contributed by atoms with Gasteiger partial charge in [0.2, 0.25) is 5.71 Å². The van der Waals surface area contributed by atoms with Crippen LogP contribution in [0.5, 0.6) is 0 Å². The summed E-state index contributed by atoms with van der Waals surface area (Å²) in [6, 6.07) is 53.8. The molecule has 5 heterocycles. The zero-order valence-electron chi connectivity index (χ0n) is 36.9. The molecule has 3 aromatic heterocycles. The van der Waals surface area contributed by atoms with Crippen molar-refractivity contribution in [1.29, 1.82) is 0 Å². The van der Waals surface area contributed by atoms with Gasteiger partial charge >= 0.3 is 0 Å². The number of furan rings is 2. The maximum atomic E-state index is 7.09. The van der Waals surface area contributed by atoms with E-state index in [0.717, 1.165) is 79.4 Å². The minimum absolute atomic E-state index is 0.0283. The molecule has 0 fully saturated rings. The number of para-hydroxylation sites is 4. The predicted octanol–water partition coefficient (Wildman–Crippen LogP) is 13.8. The van der Waals surface area contributed by atoms with Gasteiger partial charge in [-0.3, -0.25) is 0 Å². The number of aromatic nitrogens is 2. The zero-order chi connectivity index (χ0) is 43.2. The summed E-state index contributed by atoms with van der Waals surface area (Å²) in [5.74, 6) is 1.32. The molecule has 2 aliphatic heterocycles. The van der Waals surface area contributed by atoms with Crippen LogP contribution in [0.2, 0.25) is 0 Å². The molecule has 7 aromatic carbocycles. The van der Waals surface area contributed by atoms with Crippen molar-refractivity contribution < 1.29 is 18.0 Å². The van der Waals surface area contributed by atoms with E-state index in [1.54, 1.807) is 0 Å². The van der Waals surface area contributed by atoms with Crippen LogP contribution >= 0.6 is 0 Å². The smallest absolute Gasteiger partial charge is 0.299 e. The van der Waals surface area contributed by atoms with Gasteiger partial charge in [-0.05, 0) is 102 Å². The van der Waals surface area contributed by atoms with Crippen molar-refractivity contribution in [2.24, 2.45) is 0 Å². The van der Waals surface area contributed by atoms with Crippen molar-refractivity contribution in [1.82, 2.24) is 4.57 Å². The Morgan fingerprint density at radius 1 is 0.688 bits per heavy atom. The molecule has 2 atom stereocenters. The summed E-state index contributed by atoms with van der Waals surface area (Å²) in [5, 5.41) is 4.57. The van der Waals surface area contributed by atoms with E-state index in [2.05, 4.69) is 207 Å². The molecule has 0 saturated heterocycles. The van der Waals surface area contributed by atoms with Crippen molar-refractivity contribution in [2.45, 2.75) is 71.0 Å². The topological polar surface area (TPSA) is 38.1 Å². The molecule has 13 rings (SSSR count). The van der Waals surface area contributed by atoms with Crippen LogP contribution in [-0.4, -0.2) is 26.9 Å². The molecule has 0 spiro atoms. The molecule has 5 nitrogen and oxygen atoms in total. The summed E-state index contributed by atoms with van der Waals surface area (Å²) in [4.78, 5) is 0. The average Bonchev–Trinajstić information content (AvgIpc) is 3.96. The van der Waals surface area contributed by atoms with Gasteiger partial charge in [0.1, 0.15) is 40.6 Å². The van der Waals surface area contributed by atoms with E-state index in [1.165, 1.54) is 55.8 Å². The summed E-state index contributed by atoms with van der Waals surface area (Å²) in [5.41, 5.74) is 20.0. The number of rotatable bonds is 4. The Hall–Kier alpha value is -7.24. The first-order chi connectivity index (χ1) is 31.2. The van der Waals surface area contributed by atoms with Crippen LogP contribution in [-0.2, 0) is 18.4 Å². The monoisotopic (exact) mass is 831 g/mol. The van der Waals surface area contributed by atoms with Crippen molar-refractivity contribution in [3.8, 4) is 28.2 Å². The van der Waals surface area contributed by atoms with Crippen molar-refractivity contribution >= 4 is 60.6 Å². The molecule has 10 aromatic rings. The fourth-order valence-electron chi connectivity index (χ4n) is 11.7. The number of benzene rings is 7. The lowest BCUT2D eigenvalue weighted by atomic mass is 9.63. The second-order valence-electron chi connectivity index (χ2n) is 19.4. The van der Waals surface area contributed by atoms with E-state index in [9.17, 15) is 0 Å². The number of fused-ring (bicyclic) bond motifs is 17. The molecule has 0 N–H and O–H groups in total. The molecule has 0 bridgehead atoms. The molecule has 0 amide bonds. The van der Waals surface area contributed by atoms with E-state index in [1.807, 2.05) is 0 Å². The number of nitrogens with zero attached hydrogens (tertiary/aromatic N) is 3. The minimum Gasteiger partial charge on any atom is -0.456 e. The third-order valence-corrected chi connectivity index (χ3v) is 14.6. The quantitative estimate of drug-likeness (QED) is 0.131. The first kappa shape index (κ1) is 37.3. The number of hydrogen-bond acceptors (Lipinski definition) is 2. The highest BCUT2D eigenvalue weighted by molar-refractivity contribution is 6.14. The Bertz CT molecular complexity index is 3710. The van der Waals surface area contributed by atoms with Crippen LogP contribution in [0.1, 0.15) is 62.8 Å². The molecular formula is C59H49N3O2+2. The van der Waals surface area contributed by atoms with E-state index in [4.69, 9.17) is 8.83 Å². The largest absolute Gasteiger partial charge is 0.456 e. The lowest BCUT2D eigenvalue weighted by Gasteiger charge is -2.44. The maximum absolute atomic E-state index is 7.09. The Morgan fingerprint density at radius 3 is 2.17 bits per heavy atom. The number of imidazole rings is 1. The van der Waals surface area contributed by atoms with Gasteiger partial charge < -0.3 is 8.83 Å². The van der Waals surface area contributed by atoms with E-state index in [0.29, 0.717) is 0 Å². The lowest BCUT2D eigenvalue weighted by molar-refractivity contribution is -0.662. The SMILES string of the molecule is C=CC1=[N+](C(C)C)C2C3=C(Cc4ccc5c(oc6ccccc65)c4-c4n(-c5ccc(C(C)(C)C)cc5-c5ccccc5)c5ccccc5[n+]4C3)C2c2cc3oc4ccccc4c3cc21. The van der Waals surface area contributed by atoms with Gasteiger partial charge in [-0.2, -0.15) is 4.57 Å².